The molecular formula is C17H24N2O2. The zero-order chi connectivity index (χ0) is 14.5. The average Bonchev–Trinajstić information content (AvgIpc) is 2.57. The van der Waals surface area contributed by atoms with Gasteiger partial charge in [-0.1, -0.05) is 30.3 Å². The summed E-state index contributed by atoms with van der Waals surface area (Å²) in [6, 6.07) is 11.0. The van der Waals surface area contributed by atoms with Crippen LogP contribution < -0.4 is 10.6 Å². The molecule has 0 bridgehead atoms. The van der Waals surface area contributed by atoms with Crippen molar-refractivity contribution in [2.45, 2.75) is 43.7 Å². The standard InChI is InChI=1S/C17H24N2O2/c20-17(16-12-18-10-11-21-16)19-15-8-6-14(7-9-15)13-4-2-1-3-5-13/h1-5,14-16,18H,6-12H2,(H,19,20). The van der Waals surface area contributed by atoms with Crippen molar-refractivity contribution in [1.29, 1.82) is 0 Å². The Morgan fingerprint density at radius 1 is 1.14 bits per heavy atom. The van der Waals surface area contributed by atoms with Crippen LogP contribution in [0.25, 0.3) is 0 Å². The Bertz CT molecular complexity index is 449. The Hall–Kier alpha value is -1.39. The molecule has 4 heteroatoms. The fourth-order valence-electron chi connectivity index (χ4n) is 3.32. The molecule has 2 fully saturated rings. The topological polar surface area (TPSA) is 50.4 Å². The third kappa shape index (κ3) is 3.83. The number of morpholine rings is 1. The van der Waals surface area contributed by atoms with Crippen LogP contribution in [0.5, 0.6) is 0 Å². The summed E-state index contributed by atoms with van der Waals surface area (Å²) in [5, 5.41) is 6.35. The van der Waals surface area contributed by atoms with E-state index in [0.29, 0.717) is 25.1 Å². The minimum atomic E-state index is -0.314. The highest BCUT2D eigenvalue weighted by molar-refractivity contribution is 5.81. The molecule has 0 radical (unpaired) electrons. The summed E-state index contributed by atoms with van der Waals surface area (Å²) in [6.45, 7) is 2.09. The zero-order valence-corrected chi connectivity index (χ0v) is 12.4. The molecule has 4 nitrogen and oxygen atoms in total. The molecule has 1 aromatic carbocycles. The number of hydrogen-bond acceptors (Lipinski definition) is 3. The SMILES string of the molecule is O=C(NC1CCC(c2ccccc2)CC1)C1CNCCO1. The van der Waals surface area contributed by atoms with Crippen LogP contribution in [0.3, 0.4) is 0 Å². The summed E-state index contributed by atoms with van der Waals surface area (Å²) >= 11 is 0. The van der Waals surface area contributed by atoms with E-state index < -0.39 is 0 Å². The summed E-state index contributed by atoms with van der Waals surface area (Å²) in [7, 11) is 0. The quantitative estimate of drug-likeness (QED) is 0.892. The summed E-state index contributed by atoms with van der Waals surface area (Å²) in [6.07, 6.45) is 4.11. The first-order valence-corrected chi connectivity index (χ1v) is 8.00. The molecule has 114 valence electrons. The average molecular weight is 288 g/mol. The third-order valence-electron chi connectivity index (χ3n) is 4.56. The third-order valence-corrected chi connectivity index (χ3v) is 4.56. The first kappa shape index (κ1) is 14.5. The van der Waals surface area contributed by atoms with Gasteiger partial charge in [-0.15, -0.1) is 0 Å². The molecule has 21 heavy (non-hydrogen) atoms. The van der Waals surface area contributed by atoms with Crippen molar-refractivity contribution in [2.75, 3.05) is 19.7 Å². The van der Waals surface area contributed by atoms with Crippen LogP contribution in [0.15, 0.2) is 30.3 Å². The zero-order valence-electron chi connectivity index (χ0n) is 12.4. The first-order valence-electron chi connectivity index (χ1n) is 8.00. The summed E-state index contributed by atoms with van der Waals surface area (Å²) < 4.78 is 5.50. The Morgan fingerprint density at radius 3 is 2.57 bits per heavy atom. The van der Waals surface area contributed by atoms with Crippen molar-refractivity contribution in [3.05, 3.63) is 35.9 Å². The van der Waals surface area contributed by atoms with Crippen LogP contribution >= 0.6 is 0 Å². The number of amides is 1. The van der Waals surface area contributed by atoms with E-state index in [1.807, 2.05) is 0 Å². The van der Waals surface area contributed by atoms with E-state index >= 15 is 0 Å². The number of carbonyl (C=O) groups excluding carboxylic acids is 1. The molecule has 1 aliphatic carbocycles. The van der Waals surface area contributed by atoms with Crippen LogP contribution in [-0.4, -0.2) is 37.7 Å². The predicted molar refractivity (Wildman–Crippen MR) is 82.2 cm³/mol. The van der Waals surface area contributed by atoms with Gasteiger partial charge in [0.25, 0.3) is 5.91 Å². The van der Waals surface area contributed by atoms with Gasteiger partial charge in [-0.05, 0) is 37.2 Å². The fourth-order valence-corrected chi connectivity index (χ4v) is 3.32. The van der Waals surface area contributed by atoms with Gasteiger partial charge in [0.2, 0.25) is 0 Å². The maximum Gasteiger partial charge on any atom is 0.250 e. The lowest BCUT2D eigenvalue weighted by molar-refractivity contribution is -0.135. The highest BCUT2D eigenvalue weighted by Gasteiger charge is 2.27. The highest BCUT2D eigenvalue weighted by Crippen LogP contribution is 2.32. The largest absolute Gasteiger partial charge is 0.366 e. The normalized spacial score (nSPS) is 29.8. The minimum absolute atomic E-state index is 0.0466. The van der Waals surface area contributed by atoms with Gasteiger partial charge >= 0.3 is 0 Å². The molecule has 1 atom stereocenters. The molecular weight excluding hydrogens is 264 g/mol. The number of nitrogens with one attached hydrogen (secondary N) is 2. The molecule has 1 saturated carbocycles. The maximum absolute atomic E-state index is 12.1. The second kappa shape index (κ2) is 7.05. The van der Waals surface area contributed by atoms with Crippen LogP contribution in [0.1, 0.15) is 37.2 Å². The molecule has 1 saturated heterocycles. The molecule has 1 heterocycles. The summed E-state index contributed by atoms with van der Waals surface area (Å²) in [5.41, 5.74) is 1.43. The number of benzene rings is 1. The van der Waals surface area contributed by atoms with E-state index in [0.717, 1.165) is 32.2 Å². The first-order chi connectivity index (χ1) is 10.3. The Kier molecular flexibility index (Phi) is 4.88. The van der Waals surface area contributed by atoms with Crippen molar-refractivity contribution < 1.29 is 9.53 Å². The summed E-state index contributed by atoms with van der Waals surface area (Å²) in [4.78, 5) is 12.1. The van der Waals surface area contributed by atoms with Crippen LogP contribution in [0.4, 0.5) is 0 Å². The molecule has 1 unspecified atom stereocenters. The smallest absolute Gasteiger partial charge is 0.250 e. The second-order valence-corrected chi connectivity index (χ2v) is 6.03. The van der Waals surface area contributed by atoms with Crippen molar-refractivity contribution in [3.8, 4) is 0 Å². The highest BCUT2D eigenvalue weighted by atomic mass is 16.5. The molecule has 2 N–H and O–H groups in total. The predicted octanol–water partition coefficient (Wildman–Crippen LogP) is 1.82. The molecule has 0 spiro atoms. The van der Waals surface area contributed by atoms with E-state index in [-0.39, 0.29) is 12.0 Å². The molecule has 1 aromatic rings. The van der Waals surface area contributed by atoms with E-state index in [1.165, 1.54) is 5.56 Å². The number of rotatable bonds is 3. The van der Waals surface area contributed by atoms with Crippen molar-refractivity contribution in [2.24, 2.45) is 0 Å². The van der Waals surface area contributed by atoms with Gasteiger partial charge in [-0.3, -0.25) is 4.79 Å². The van der Waals surface area contributed by atoms with Crippen molar-refractivity contribution in [3.63, 3.8) is 0 Å². The van der Waals surface area contributed by atoms with Crippen LogP contribution in [0.2, 0.25) is 0 Å². The monoisotopic (exact) mass is 288 g/mol. The Labute approximate surface area is 126 Å². The Balaban J connectivity index is 1.46. The van der Waals surface area contributed by atoms with Gasteiger partial charge in [0.05, 0.1) is 6.61 Å². The number of ether oxygens (including phenoxy) is 1. The molecule has 1 amide bonds. The van der Waals surface area contributed by atoms with Gasteiger partial charge in [-0.25, -0.2) is 0 Å². The van der Waals surface area contributed by atoms with E-state index in [4.69, 9.17) is 4.74 Å². The molecule has 1 aliphatic heterocycles. The van der Waals surface area contributed by atoms with E-state index in [2.05, 4.69) is 41.0 Å². The lowest BCUT2D eigenvalue weighted by Crippen LogP contribution is -2.50. The molecule has 2 aliphatic rings. The van der Waals surface area contributed by atoms with Gasteiger partial charge in [-0.2, -0.15) is 0 Å². The number of carbonyl (C=O) groups is 1. The fraction of sp³-hybridized carbons (Fsp3) is 0.588. The Morgan fingerprint density at radius 2 is 1.90 bits per heavy atom. The van der Waals surface area contributed by atoms with Crippen LogP contribution in [-0.2, 0) is 9.53 Å². The lowest BCUT2D eigenvalue weighted by Gasteiger charge is -2.31. The summed E-state index contributed by atoms with van der Waals surface area (Å²) in [5.74, 6) is 0.692. The van der Waals surface area contributed by atoms with Gasteiger partial charge in [0.1, 0.15) is 6.10 Å². The van der Waals surface area contributed by atoms with Gasteiger partial charge in [0, 0.05) is 19.1 Å². The van der Waals surface area contributed by atoms with Crippen molar-refractivity contribution >= 4 is 5.91 Å². The molecule has 3 rings (SSSR count). The maximum atomic E-state index is 12.1. The van der Waals surface area contributed by atoms with E-state index in [9.17, 15) is 4.79 Å². The lowest BCUT2D eigenvalue weighted by atomic mass is 9.82. The number of hydrogen-bond donors (Lipinski definition) is 2. The van der Waals surface area contributed by atoms with E-state index in [1.54, 1.807) is 0 Å². The van der Waals surface area contributed by atoms with Gasteiger partial charge < -0.3 is 15.4 Å². The molecule has 0 aromatic heterocycles. The van der Waals surface area contributed by atoms with Crippen molar-refractivity contribution in [1.82, 2.24) is 10.6 Å². The van der Waals surface area contributed by atoms with Crippen LogP contribution in [0, 0.1) is 0 Å². The minimum Gasteiger partial charge on any atom is -0.366 e. The second-order valence-electron chi connectivity index (χ2n) is 6.03. The van der Waals surface area contributed by atoms with Gasteiger partial charge in [0.15, 0.2) is 0 Å².